The summed E-state index contributed by atoms with van der Waals surface area (Å²) in [6.45, 7) is 1.76. The first-order valence-electron chi connectivity index (χ1n) is 7.09. The fourth-order valence-electron chi connectivity index (χ4n) is 3.43. The highest BCUT2D eigenvalue weighted by atomic mass is 35.5. The number of hydrogen-bond donors (Lipinski definition) is 1. The van der Waals surface area contributed by atoms with Crippen LogP contribution in [0, 0.1) is 11.8 Å². The predicted molar refractivity (Wildman–Crippen MR) is 90.6 cm³/mol. The average molecular weight is 358 g/mol. The molecule has 1 N–H and O–H groups in total. The van der Waals surface area contributed by atoms with Gasteiger partial charge in [0.1, 0.15) is 0 Å². The van der Waals surface area contributed by atoms with Gasteiger partial charge in [0, 0.05) is 35.0 Å². The van der Waals surface area contributed by atoms with E-state index >= 15 is 0 Å². The Morgan fingerprint density at radius 1 is 1.27 bits per heavy atom. The SMILES string of the molecule is CN1CC2C(Cl)=CC(Cl)=CC2[C@H](c2cccc(S(=O)O)c2)C1. The van der Waals surface area contributed by atoms with Gasteiger partial charge in [-0.25, -0.2) is 4.21 Å². The van der Waals surface area contributed by atoms with Crippen molar-refractivity contribution in [3.05, 3.63) is 52.0 Å². The average Bonchev–Trinajstić information content (AvgIpc) is 2.47. The summed E-state index contributed by atoms with van der Waals surface area (Å²) in [5, 5.41) is 1.46. The Balaban J connectivity index is 2.00. The van der Waals surface area contributed by atoms with Gasteiger partial charge in [-0.05, 0) is 36.7 Å². The van der Waals surface area contributed by atoms with E-state index < -0.39 is 11.1 Å². The van der Waals surface area contributed by atoms with Gasteiger partial charge in [-0.3, -0.25) is 0 Å². The summed E-state index contributed by atoms with van der Waals surface area (Å²) >= 11 is 10.6. The van der Waals surface area contributed by atoms with Gasteiger partial charge in [0.15, 0.2) is 11.1 Å². The molecular formula is C16H17Cl2NO2S. The highest BCUT2D eigenvalue weighted by molar-refractivity contribution is 7.79. The van der Waals surface area contributed by atoms with E-state index in [1.165, 1.54) is 0 Å². The molecule has 1 aromatic rings. The molecule has 1 aromatic carbocycles. The Morgan fingerprint density at radius 3 is 2.73 bits per heavy atom. The zero-order valence-electron chi connectivity index (χ0n) is 12.1. The highest BCUT2D eigenvalue weighted by Gasteiger charge is 2.38. The number of nitrogens with zero attached hydrogens (tertiary/aromatic N) is 1. The lowest BCUT2D eigenvalue weighted by molar-refractivity contribution is 0.167. The van der Waals surface area contributed by atoms with E-state index in [-0.39, 0.29) is 17.8 Å². The molecule has 6 heteroatoms. The minimum absolute atomic E-state index is 0.198. The van der Waals surface area contributed by atoms with E-state index in [4.69, 9.17) is 23.2 Å². The van der Waals surface area contributed by atoms with Crippen LogP contribution in [-0.2, 0) is 11.1 Å². The summed E-state index contributed by atoms with van der Waals surface area (Å²) in [4.78, 5) is 2.67. The first-order valence-corrected chi connectivity index (χ1v) is 8.95. The van der Waals surface area contributed by atoms with E-state index in [2.05, 4.69) is 18.0 Å². The Labute approximate surface area is 142 Å². The maximum Gasteiger partial charge on any atom is 0.186 e. The summed E-state index contributed by atoms with van der Waals surface area (Å²) in [5.74, 6) is 0.628. The zero-order chi connectivity index (χ0) is 15.9. The third-order valence-corrected chi connectivity index (χ3v) is 5.70. The van der Waals surface area contributed by atoms with Gasteiger partial charge < -0.3 is 9.45 Å². The monoisotopic (exact) mass is 357 g/mol. The molecule has 1 saturated heterocycles. The van der Waals surface area contributed by atoms with Gasteiger partial charge in [0.2, 0.25) is 0 Å². The van der Waals surface area contributed by atoms with Crippen LogP contribution in [0.1, 0.15) is 11.5 Å². The van der Waals surface area contributed by atoms with Crippen molar-refractivity contribution in [2.24, 2.45) is 11.8 Å². The molecule has 1 fully saturated rings. The summed E-state index contributed by atoms with van der Waals surface area (Å²) in [5.41, 5.74) is 1.05. The van der Waals surface area contributed by atoms with Crippen LogP contribution in [-0.4, -0.2) is 33.8 Å². The molecule has 0 amide bonds. The molecule has 0 spiro atoms. The van der Waals surface area contributed by atoms with Crippen LogP contribution in [0.2, 0.25) is 0 Å². The Hall–Kier alpha value is -0.650. The van der Waals surface area contributed by atoms with Crippen LogP contribution in [0.3, 0.4) is 0 Å². The van der Waals surface area contributed by atoms with Crippen LogP contribution < -0.4 is 0 Å². The lowest BCUT2D eigenvalue weighted by Gasteiger charge is -2.43. The first kappa shape index (κ1) is 16.2. The number of halogens is 2. The second-order valence-electron chi connectivity index (χ2n) is 5.91. The van der Waals surface area contributed by atoms with E-state index in [1.54, 1.807) is 6.07 Å². The van der Waals surface area contributed by atoms with Crippen molar-refractivity contribution in [1.82, 2.24) is 4.90 Å². The maximum atomic E-state index is 11.3. The van der Waals surface area contributed by atoms with Crippen molar-refractivity contribution < 1.29 is 8.76 Å². The van der Waals surface area contributed by atoms with E-state index in [0.29, 0.717) is 9.93 Å². The molecule has 0 aromatic heterocycles. The van der Waals surface area contributed by atoms with Crippen LogP contribution >= 0.6 is 23.2 Å². The van der Waals surface area contributed by atoms with Crippen molar-refractivity contribution in [2.45, 2.75) is 10.8 Å². The summed E-state index contributed by atoms with van der Waals surface area (Å²) in [6, 6.07) is 7.31. The van der Waals surface area contributed by atoms with E-state index in [1.807, 2.05) is 24.3 Å². The van der Waals surface area contributed by atoms with Crippen LogP contribution in [0.5, 0.6) is 0 Å². The number of fused-ring (bicyclic) bond motifs is 1. The van der Waals surface area contributed by atoms with Crippen molar-refractivity contribution in [2.75, 3.05) is 20.1 Å². The Kier molecular flexibility index (Phi) is 4.76. The second kappa shape index (κ2) is 6.46. The minimum Gasteiger partial charge on any atom is -0.305 e. The summed E-state index contributed by atoms with van der Waals surface area (Å²) in [7, 11) is 2.07. The van der Waals surface area contributed by atoms with E-state index in [0.717, 1.165) is 23.7 Å². The molecule has 0 bridgehead atoms. The molecule has 3 rings (SSSR count). The number of rotatable bonds is 2. The molecule has 1 aliphatic carbocycles. The first-order chi connectivity index (χ1) is 10.5. The Bertz CT molecular complexity index is 674. The third-order valence-electron chi connectivity index (χ3n) is 4.42. The lowest BCUT2D eigenvalue weighted by Crippen LogP contribution is -2.43. The zero-order valence-corrected chi connectivity index (χ0v) is 14.4. The van der Waals surface area contributed by atoms with Gasteiger partial charge in [-0.15, -0.1) is 0 Å². The molecular weight excluding hydrogens is 341 g/mol. The quantitative estimate of drug-likeness (QED) is 0.818. The van der Waals surface area contributed by atoms with Gasteiger partial charge in [-0.1, -0.05) is 41.4 Å². The molecule has 0 radical (unpaired) electrons. The summed E-state index contributed by atoms with van der Waals surface area (Å²) in [6.07, 6.45) is 3.89. The highest BCUT2D eigenvalue weighted by Crippen LogP contribution is 2.44. The maximum absolute atomic E-state index is 11.3. The molecule has 1 aliphatic heterocycles. The van der Waals surface area contributed by atoms with Gasteiger partial charge in [0.05, 0.1) is 4.90 Å². The van der Waals surface area contributed by atoms with Crippen molar-refractivity contribution in [1.29, 1.82) is 0 Å². The number of hydrogen-bond acceptors (Lipinski definition) is 2. The molecule has 2 aliphatic rings. The molecule has 4 atom stereocenters. The number of likely N-dealkylation sites (tertiary alicyclic amines) is 1. The largest absolute Gasteiger partial charge is 0.305 e. The van der Waals surface area contributed by atoms with Crippen LogP contribution in [0.25, 0.3) is 0 Å². The van der Waals surface area contributed by atoms with Gasteiger partial charge in [0.25, 0.3) is 0 Å². The Morgan fingerprint density at radius 2 is 2.00 bits per heavy atom. The topological polar surface area (TPSA) is 40.5 Å². The van der Waals surface area contributed by atoms with Crippen molar-refractivity contribution in [3.8, 4) is 0 Å². The third kappa shape index (κ3) is 3.17. The minimum atomic E-state index is -1.97. The molecule has 22 heavy (non-hydrogen) atoms. The molecule has 3 unspecified atom stereocenters. The fourth-order valence-corrected chi connectivity index (χ4v) is 4.51. The van der Waals surface area contributed by atoms with Crippen molar-refractivity contribution >= 4 is 34.3 Å². The smallest absolute Gasteiger partial charge is 0.186 e. The van der Waals surface area contributed by atoms with Gasteiger partial charge in [-0.2, -0.15) is 0 Å². The number of benzene rings is 1. The summed E-state index contributed by atoms with van der Waals surface area (Å²) < 4.78 is 20.6. The molecule has 118 valence electrons. The number of likely N-dealkylation sites (N-methyl/N-ethyl adjacent to an activating group) is 1. The van der Waals surface area contributed by atoms with E-state index in [9.17, 15) is 8.76 Å². The predicted octanol–water partition coefficient (Wildman–Crippen LogP) is 3.79. The lowest BCUT2D eigenvalue weighted by atomic mass is 9.72. The number of allylic oxidation sites excluding steroid dienone is 3. The second-order valence-corrected chi connectivity index (χ2v) is 7.76. The molecule has 3 nitrogen and oxygen atoms in total. The molecule has 0 saturated carbocycles. The van der Waals surface area contributed by atoms with Crippen LogP contribution in [0.15, 0.2) is 51.4 Å². The molecule has 1 heterocycles. The van der Waals surface area contributed by atoms with Crippen LogP contribution in [0.4, 0.5) is 0 Å². The normalized spacial score (nSPS) is 30.3. The fraction of sp³-hybridized carbons (Fsp3) is 0.375. The standard InChI is InChI=1S/C16H17Cl2NO2S/c1-19-8-14(10-3-2-4-12(5-10)22(20)21)13-6-11(17)7-16(18)15(13)9-19/h2-7,13-15H,8-9H2,1H3,(H,20,21)/t13?,14-,15?/m0/s1. The van der Waals surface area contributed by atoms with Crippen molar-refractivity contribution in [3.63, 3.8) is 0 Å². The number of piperidine rings is 1. The van der Waals surface area contributed by atoms with Gasteiger partial charge >= 0.3 is 0 Å².